The Hall–Kier alpha value is -1.38. The summed E-state index contributed by atoms with van der Waals surface area (Å²) in [5.41, 5.74) is 6.78. The first-order valence-corrected chi connectivity index (χ1v) is 10.0. The molecule has 0 radical (unpaired) electrons. The maximum Gasteiger partial charge on any atom is 0.264 e. The fourth-order valence-corrected chi connectivity index (χ4v) is 5.37. The number of nitrogens with one attached hydrogen (secondary N) is 1. The van der Waals surface area contributed by atoms with Gasteiger partial charge in [0, 0.05) is 18.3 Å². The Morgan fingerprint density at radius 3 is 2.67 bits per heavy atom. The van der Waals surface area contributed by atoms with Gasteiger partial charge in [-0.3, -0.25) is 4.79 Å². The van der Waals surface area contributed by atoms with Crippen LogP contribution >= 0.6 is 47.5 Å². The van der Waals surface area contributed by atoms with E-state index in [1.54, 1.807) is 11.3 Å². The van der Waals surface area contributed by atoms with Gasteiger partial charge in [-0.05, 0) is 44.0 Å². The number of hydrogen-bond acceptors (Lipinski definition) is 6. The van der Waals surface area contributed by atoms with Crippen molar-refractivity contribution in [1.82, 2.24) is 9.88 Å². The van der Waals surface area contributed by atoms with Crippen LogP contribution in [0.3, 0.4) is 0 Å². The molecule has 0 aliphatic carbocycles. The monoisotopic (exact) mass is 444 g/mol. The number of anilines is 2. The molecule has 146 valence electrons. The third kappa shape index (κ3) is 4.55. The highest BCUT2D eigenvalue weighted by molar-refractivity contribution is 7.29. The number of halogens is 2. The van der Waals surface area contributed by atoms with Crippen LogP contribution in [0.5, 0.6) is 0 Å². The molecule has 1 aromatic carbocycles. The number of nitrogens with zero attached hydrogens (tertiary/aromatic N) is 2. The van der Waals surface area contributed by atoms with E-state index < -0.39 is 0 Å². The van der Waals surface area contributed by atoms with E-state index in [4.69, 9.17) is 5.73 Å². The quantitative estimate of drug-likeness (QED) is 0.608. The smallest absolute Gasteiger partial charge is 0.264 e. The summed E-state index contributed by atoms with van der Waals surface area (Å²) in [6, 6.07) is 12.2. The molecule has 2 unspecified atom stereocenters. The van der Waals surface area contributed by atoms with Gasteiger partial charge in [0.25, 0.3) is 5.91 Å². The molecule has 27 heavy (non-hydrogen) atoms. The van der Waals surface area contributed by atoms with Crippen LogP contribution in [0.15, 0.2) is 36.4 Å². The molecule has 2 aromatic heterocycles. The van der Waals surface area contributed by atoms with Crippen LogP contribution in [0.2, 0.25) is 0 Å². The van der Waals surface area contributed by atoms with E-state index >= 15 is 0 Å². The van der Waals surface area contributed by atoms with Crippen LogP contribution < -0.4 is 11.1 Å². The number of aromatic nitrogens is 1. The summed E-state index contributed by atoms with van der Waals surface area (Å²) in [5.74, 6) is 0.524. The van der Waals surface area contributed by atoms with Crippen molar-refractivity contribution in [3.05, 3.63) is 41.3 Å². The average Bonchev–Trinajstić information content (AvgIpc) is 3.28. The van der Waals surface area contributed by atoms with Crippen molar-refractivity contribution in [2.45, 2.75) is 19.4 Å². The van der Waals surface area contributed by atoms with Crippen molar-refractivity contribution in [3.63, 3.8) is 0 Å². The van der Waals surface area contributed by atoms with Gasteiger partial charge in [-0.15, -0.1) is 36.2 Å². The molecule has 0 spiro atoms. The van der Waals surface area contributed by atoms with Crippen LogP contribution in [0.4, 0.5) is 10.8 Å². The Morgan fingerprint density at radius 1 is 1.30 bits per heavy atom. The van der Waals surface area contributed by atoms with E-state index in [1.807, 2.05) is 41.3 Å². The zero-order valence-corrected chi connectivity index (χ0v) is 18.0. The topological polar surface area (TPSA) is 71.2 Å². The number of rotatable bonds is 4. The van der Waals surface area contributed by atoms with Crippen molar-refractivity contribution in [1.29, 1.82) is 0 Å². The second-order valence-corrected chi connectivity index (χ2v) is 8.50. The lowest BCUT2D eigenvalue weighted by Crippen LogP contribution is -2.33. The predicted molar refractivity (Wildman–Crippen MR) is 119 cm³/mol. The molecule has 9 heteroatoms. The number of hydrogen-bond donors (Lipinski definition) is 2. The molecule has 1 fully saturated rings. The number of thiophene rings is 1. The molecular weight excluding hydrogens is 423 g/mol. The molecule has 1 aliphatic rings. The number of nitrogens with two attached hydrogens (primary N) is 1. The van der Waals surface area contributed by atoms with Gasteiger partial charge in [0.05, 0.1) is 9.58 Å². The number of likely N-dealkylation sites (tertiary alicyclic amines) is 1. The van der Waals surface area contributed by atoms with Crippen LogP contribution in [0.1, 0.15) is 23.0 Å². The van der Waals surface area contributed by atoms with Crippen molar-refractivity contribution < 1.29 is 4.79 Å². The van der Waals surface area contributed by atoms with Crippen molar-refractivity contribution in [2.75, 3.05) is 18.4 Å². The molecule has 1 aliphatic heterocycles. The van der Waals surface area contributed by atoms with E-state index in [0.717, 1.165) is 38.2 Å². The minimum absolute atomic E-state index is 0. The van der Waals surface area contributed by atoms with Crippen LogP contribution in [0, 0.1) is 5.92 Å². The zero-order chi connectivity index (χ0) is 17.4. The highest BCUT2D eigenvalue weighted by atomic mass is 35.5. The van der Waals surface area contributed by atoms with E-state index in [-0.39, 0.29) is 36.8 Å². The van der Waals surface area contributed by atoms with E-state index in [9.17, 15) is 4.79 Å². The lowest BCUT2D eigenvalue weighted by molar-refractivity contribution is 0.0748. The van der Waals surface area contributed by atoms with Gasteiger partial charge in [0.1, 0.15) is 4.83 Å². The van der Waals surface area contributed by atoms with Gasteiger partial charge < -0.3 is 16.0 Å². The second-order valence-electron chi connectivity index (χ2n) is 6.43. The summed E-state index contributed by atoms with van der Waals surface area (Å²) in [7, 11) is 0. The Labute approximate surface area is 178 Å². The zero-order valence-electron chi connectivity index (χ0n) is 14.8. The second kappa shape index (κ2) is 9.21. The molecule has 1 amide bonds. The maximum atomic E-state index is 12.8. The Kier molecular flexibility index (Phi) is 7.47. The number of fused-ring (bicyclic) bond motifs is 1. The van der Waals surface area contributed by atoms with E-state index in [2.05, 4.69) is 17.2 Å². The normalized spacial score (nSPS) is 18.8. The number of carbonyl (C=O) groups excluding carboxylic acids is 1. The number of thiazole rings is 1. The fourth-order valence-electron chi connectivity index (χ4n) is 3.28. The summed E-state index contributed by atoms with van der Waals surface area (Å²) < 4.78 is 1.05. The Balaban J connectivity index is 0.00000131. The van der Waals surface area contributed by atoms with Crippen LogP contribution in [-0.2, 0) is 0 Å². The SMILES string of the molecule is CC1CC(CN)CN1C(=O)c1cc2sc(Nc3ccccc3)nc2s1.Cl.Cl. The third-order valence-electron chi connectivity index (χ3n) is 4.58. The van der Waals surface area contributed by atoms with Crippen molar-refractivity contribution in [3.8, 4) is 0 Å². The van der Waals surface area contributed by atoms with Crippen molar-refractivity contribution in [2.24, 2.45) is 11.7 Å². The fraction of sp³-hybridized carbons (Fsp3) is 0.333. The molecule has 3 heterocycles. The molecule has 3 N–H and O–H groups in total. The third-order valence-corrected chi connectivity index (χ3v) is 6.64. The summed E-state index contributed by atoms with van der Waals surface area (Å²) in [5, 5.41) is 4.16. The predicted octanol–water partition coefficient (Wildman–Crippen LogP) is 4.75. The molecular formula is C18H22Cl2N4OS2. The first-order chi connectivity index (χ1) is 12.1. The summed E-state index contributed by atoms with van der Waals surface area (Å²) in [6.07, 6.45) is 0.991. The number of carbonyl (C=O) groups is 1. The first kappa shape index (κ1) is 21.9. The standard InChI is InChI=1S/C18H20N4OS2.2ClH/c1-11-7-12(9-19)10-22(11)17(23)15-8-14-16(24-15)21-18(25-14)20-13-5-3-2-4-6-13;;/h2-6,8,11-12H,7,9-10,19H2,1H3,(H,20,21);2*1H. The average molecular weight is 445 g/mol. The van der Waals surface area contributed by atoms with Crippen LogP contribution in [0.25, 0.3) is 9.53 Å². The van der Waals surface area contributed by atoms with E-state index in [0.29, 0.717) is 12.5 Å². The number of para-hydroxylation sites is 1. The number of amides is 1. The van der Waals surface area contributed by atoms with Crippen LogP contribution in [-0.4, -0.2) is 34.9 Å². The minimum Gasteiger partial charge on any atom is -0.335 e. The van der Waals surface area contributed by atoms with Gasteiger partial charge in [0.15, 0.2) is 5.13 Å². The largest absolute Gasteiger partial charge is 0.335 e. The highest BCUT2D eigenvalue weighted by Crippen LogP contribution is 2.35. The van der Waals surface area contributed by atoms with Gasteiger partial charge in [-0.25, -0.2) is 4.98 Å². The maximum absolute atomic E-state index is 12.8. The summed E-state index contributed by atoms with van der Waals surface area (Å²) in [4.78, 5) is 21.1. The minimum atomic E-state index is 0. The van der Waals surface area contributed by atoms with Gasteiger partial charge >= 0.3 is 0 Å². The van der Waals surface area contributed by atoms with E-state index in [1.165, 1.54) is 11.3 Å². The molecule has 5 nitrogen and oxygen atoms in total. The molecule has 4 rings (SSSR count). The number of benzene rings is 1. The lowest BCUT2D eigenvalue weighted by Gasteiger charge is -2.20. The highest BCUT2D eigenvalue weighted by Gasteiger charge is 2.33. The molecule has 1 saturated heterocycles. The molecule has 0 saturated carbocycles. The molecule has 3 aromatic rings. The Bertz CT molecular complexity index is 868. The lowest BCUT2D eigenvalue weighted by atomic mass is 10.1. The summed E-state index contributed by atoms with van der Waals surface area (Å²) >= 11 is 3.05. The molecule has 2 atom stereocenters. The molecule has 0 bridgehead atoms. The van der Waals surface area contributed by atoms with Gasteiger partial charge in [-0.2, -0.15) is 0 Å². The Morgan fingerprint density at radius 2 is 2.04 bits per heavy atom. The van der Waals surface area contributed by atoms with Crippen molar-refractivity contribution >= 4 is 73.7 Å². The van der Waals surface area contributed by atoms with Gasteiger partial charge in [-0.1, -0.05) is 29.5 Å². The van der Waals surface area contributed by atoms with Gasteiger partial charge in [0.2, 0.25) is 0 Å². The summed E-state index contributed by atoms with van der Waals surface area (Å²) in [6.45, 7) is 3.50. The first-order valence-electron chi connectivity index (χ1n) is 8.37.